The van der Waals surface area contributed by atoms with Crippen LogP contribution in [0.5, 0.6) is 0 Å². The molecule has 96 valence electrons. The summed E-state index contributed by atoms with van der Waals surface area (Å²) >= 11 is 0. The number of hydrogen-bond donors (Lipinski definition) is 3. The molecular weight excluding hydrogens is 220 g/mol. The summed E-state index contributed by atoms with van der Waals surface area (Å²) in [6.45, 7) is 4.22. The fraction of sp³-hybridized carbons (Fsp3) is 0.636. The van der Waals surface area contributed by atoms with Crippen LogP contribution < -0.4 is 11.1 Å². The van der Waals surface area contributed by atoms with Crippen molar-refractivity contribution in [2.24, 2.45) is 5.73 Å². The van der Waals surface area contributed by atoms with E-state index in [1.807, 2.05) is 13.8 Å². The van der Waals surface area contributed by atoms with E-state index in [9.17, 15) is 4.79 Å². The molecule has 0 radical (unpaired) electrons. The molecule has 0 aromatic carbocycles. The molecule has 6 nitrogen and oxygen atoms in total. The zero-order chi connectivity index (χ0) is 12.8. The van der Waals surface area contributed by atoms with Crippen LogP contribution in [0.15, 0.2) is 12.5 Å². The highest BCUT2D eigenvalue weighted by Crippen LogP contribution is 2.09. The second-order valence-electron chi connectivity index (χ2n) is 4.27. The van der Waals surface area contributed by atoms with Crippen LogP contribution in [-0.2, 0) is 11.3 Å². The lowest BCUT2D eigenvalue weighted by molar-refractivity contribution is -0.121. The number of aliphatic hydroxyl groups is 1. The molecule has 1 amide bonds. The van der Waals surface area contributed by atoms with Crippen molar-refractivity contribution in [1.29, 1.82) is 0 Å². The van der Waals surface area contributed by atoms with E-state index in [2.05, 4.69) is 10.3 Å². The summed E-state index contributed by atoms with van der Waals surface area (Å²) in [5.74, 6) is -0.00257. The fourth-order valence-corrected chi connectivity index (χ4v) is 1.54. The summed E-state index contributed by atoms with van der Waals surface area (Å²) in [4.78, 5) is 15.4. The van der Waals surface area contributed by atoms with Crippen LogP contribution >= 0.6 is 0 Å². The maximum atomic E-state index is 11.5. The van der Waals surface area contributed by atoms with Gasteiger partial charge in [-0.05, 0) is 13.8 Å². The predicted molar refractivity (Wildman–Crippen MR) is 64.1 cm³/mol. The van der Waals surface area contributed by atoms with Gasteiger partial charge in [-0.15, -0.1) is 0 Å². The van der Waals surface area contributed by atoms with E-state index in [0.717, 1.165) is 5.69 Å². The van der Waals surface area contributed by atoms with Gasteiger partial charge in [0.05, 0.1) is 24.7 Å². The number of imidazole rings is 1. The van der Waals surface area contributed by atoms with Gasteiger partial charge in [0.2, 0.25) is 5.91 Å². The highest BCUT2D eigenvalue weighted by Gasteiger charge is 2.11. The summed E-state index contributed by atoms with van der Waals surface area (Å²) in [5.41, 5.74) is 6.46. The van der Waals surface area contributed by atoms with E-state index in [1.54, 1.807) is 17.1 Å². The van der Waals surface area contributed by atoms with Crippen LogP contribution in [0.2, 0.25) is 0 Å². The smallest absolute Gasteiger partial charge is 0.221 e. The maximum absolute atomic E-state index is 11.5. The first-order chi connectivity index (χ1) is 8.04. The van der Waals surface area contributed by atoms with Gasteiger partial charge in [-0.3, -0.25) is 4.79 Å². The maximum Gasteiger partial charge on any atom is 0.221 e. The summed E-state index contributed by atoms with van der Waals surface area (Å²) in [6.07, 6.45) is 3.61. The number of carbonyl (C=O) groups excluding carboxylic acids is 1. The SMILES string of the molecule is CC(C)NC(=O)CCn1cncc1C(N)CO. The summed E-state index contributed by atoms with van der Waals surface area (Å²) in [5, 5.41) is 11.8. The zero-order valence-corrected chi connectivity index (χ0v) is 10.3. The van der Waals surface area contributed by atoms with E-state index in [-0.39, 0.29) is 18.6 Å². The van der Waals surface area contributed by atoms with Gasteiger partial charge < -0.3 is 20.7 Å². The lowest BCUT2D eigenvalue weighted by Gasteiger charge is -2.13. The van der Waals surface area contributed by atoms with Crippen LogP contribution in [0.25, 0.3) is 0 Å². The number of aliphatic hydroxyl groups excluding tert-OH is 1. The minimum atomic E-state index is -0.453. The Balaban J connectivity index is 2.52. The van der Waals surface area contributed by atoms with Crippen LogP contribution in [0, 0.1) is 0 Å². The van der Waals surface area contributed by atoms with Crippen molar-refractivity contribution in [1.82, 2.24) is 14.9 Å². The Bertz CT molecular complexity index is 362. The Morgan fingerprint density at radius 3 is 2.94 bits per heavy atom. The van der Waals surface area contributed by atoms with Gasteiger partial charge in [-0.2, -0.15) is 0 Å². The summed E-state index contributed by atoms with van der Waals surface area (Å²) in [7, 11) is 0. The topological polar surface area (TPSA) is 93.2 Å². The quantitative estimate of drug-likeness (QED) is 0.641. The Labute approximate surface area is 101 Å². The van der Waals surface area contributed by atoms with Crippen molar-refractivity contribution < 1.29 is 9.90 Å². The van der Waals surface area contributed by atoms with Crippen molar-refractivity contribution >= 4 is 5.91 Å². The number of amides is 1. The van der Waals surface area contributed by atoms with E-state index < -0.39 is 6.04 Å². The van der Waals surface area contributed by atoms with Gasteiger partial charge >= 0.3 is 0 Å². The van der Waals surface area contributed by atoms with Gasteiger partial charge in [-0.1, -0.05) is 0 Å². The molecule has 4 N–H and O–H groups in total. The third-order valence-electron chi connectivity index (χ3n) is 2.35. The first-order valence-electron chi connectivity index (χ1n) is 5.70. The minimum Gasteiger partial charge on any atom is -0.394 e. The summed E-state index contributed by atoms with van der Waals surface area (Å²) in [6, 6.07) is -0.310. The van der Waals surface area contributed by atoms with Crippen LogP contribution in [-0.4, -0.2) is 33.2 Å². The molecule has 17 heavy (non-hydrogen) atoms. The average Bonchev–Trinajstić information content (AvgIpc) is 2.72. The molecule has 0 bridgehead atoms. The molecule has 0 spiro atoms. The van der Waals surface area contributed by atoms with E-state index in [0.29, 0.717) is 13.0 Å². The first-order valence-corrected chi connectivity index (χ1v) is 5.70. The standard InChI is InChI=1S/C11H20N4O2/c1-8(2)14-11(17)3-4-15-7-13-5-10(15)9(12)6-16/h5,7-9,16H,3-4,6,12H2,1-2H3,(H,14,17). The molecule has 1 unspecified atom stereocenters. The van der Waals surface area contributed by atoms with E-state index in [4.69, 9.17) is 10.8 Å². The molecule has 0 fully saturated rings. The van der Waals surface area contributed by atoms with Crippen molar-refractivity contribution in [2.45, 2.75) is 38.9 Å². The number of aryl methyl sites for hydroxylation is 1. The van der Waals surface area contributed by atoms with Gasteiger partial charge in [0.25, 0.3) is 0 Å². The predicted octanol–water partition coefficient (Wildman–Crippen LogP) is -0.210. The van der Waals surface area contributed by atoms with Crippen molar-refractivity contribution in [3.05, 3.63) is 18.2 Å². The molecule has 0 aliphatic heterocycles. The number of aromatic nitrogens is 2. The highest BCUT2D eigenvalue weighted by atomic mass is 16.3. The molecule has 0 saturated carbocycles. The number of nitrogens with two attached hydrogens (primary N) is 1. The number of nitrogens with zero attached hydrogens (tertiary/aromatic N) is 2. The second-order valence-corrected chi connectivity index (χ2v) is 4.27. The fourth-order valence-electron chi connectivity index (χ4n) is 1.54. The van der Waals surface area contributed by atoms with Crippen LogP contribution in [0.3, 0.4) is 0 Å². The zero-order valence-electron chi connectivity index (χ0n) is 10.3. The molecule has 1 aromatic rings. The van der Waals surface area contributed by atoms with Gasteiger partial charge in [0, 0.05) is 25.2 Å². The number of nitrogens with one attached hydrogen (secondary N) is 1. The molecule has 1 rings (SSSR count). The lowest BCUT2D eigenvalue weighted by atomic mass is 10.2. The number of carbonyl (C=O) groups is 1. The van der Waals surface area contributed by atoms with Gasteiger partial charge in [0.1, 0.15) is 0 Å². The first kappa shape index (κ1) is 13.7. The second kappa shape index (κ2) is 6.36. The van der Waals surface area contributed by atoms with Crippen LogP contribution in [0.1, 0.15) is 32.0 Å². The Morgan fingerprint density at radius 2 is 2.35 bits per heavy atom. The van der Waals surface area contributed by atoms with Crippen molar-refractivity contribution in [2.75, 3.05) is 6.61 Å². The molecule has 0 aliphatic carbocycles. The van der Waals surface area contributed by atoms with Crippen molar-refractivity contribution in [3.8, 4) is 0 Å². The Morgan fingerprint density at radius 1 is 1.65 bits per heavy atom. The third kappa shape index (κ3) is 4.16. The normalized spacial score (nSPS) is 12.8. The molecule has 1 aromatic heterocycles. The monoisotopic (exact) mass is 240 g/mol. The van der Waals surface area contributed by atoms with Gasteiger partial charge in [0.15, 0.2) is 0 Å². The molecule has 1 atom stereocenters. The molecular formula is C11H20N4O2. The largest absolute Gasteiger partial charge is 0.394 e. The minimum absolute atomic E-state index is 0.00257. The average molecular weight is 240 g/mol. The molecule has 0 aliphatic rings. The Kier molecular flexibility index (Phi) is 5.11. The van der Waals surface area contributed by atoms with E-state index in [1.165, 1.54) is 0 Å². The number of rotatable bonds is 6. The van der Waals surface area contributed by atoms with Crippen LogP contribution in [0.4, 0.5) is 0 Å². The number of hydrogen-bond acceptors (Lipinski definition) is 4. The van der Waals surface area contributed by atoms with E-state index >= 15 is 0 Å². The molecule has 0 saturated heterocycles. The lowest BCUT2D eigenvalue weighted by Crippen LogP contribution is -2.31. The van der Waals surface area contributed by atoms with Crippen molar-refractivity contribution in [3.63, 3.8) is 0 Å². The highest BCUT2D eigenvalue weighted by molar-refractivity contribution is 5.76. The summed E-state index contributed by atoms with van der Waals surface area (Å²) < 4.78 is 1.79. The molecule has 6 heteroatoms. The Hall–Kier alpha value is -1.40. The third-order valence-corrected chi connectivity index (χ3v) is 2.35. The molecule has 1 heterocycles. The van der Waals surface area contributed by atoms with Gasteiger partial charge in [-0.25, -0.2) is 4.98 Å².